The third-order valence-corrected chi connectivity index (χ3v) is 9.15. The molecule has 198 valence electrons. The second-order valence-electron chi connectivity index (χ2n) is 11.7. The maximum absolute atomic E-state index is 12.8. The molecule has 1 N–H and O–H groups in total. The maximum Gasteiger partial charge on any atom is 0.306 e. The standard InChI is InChI=1S/C28H44O7/c1-7-8-9-10-23(31)35-22-13-20(30)15(2)12-21-25-24-19(11-16(3)26(25)33-18(5)29)17(4)14-32-28(22,6)27(24)34-21/h16-17,19-22,24-27,30H,2,7-14H2,1,3-6H3/t16-,17+,19+,20-,21?,22-,24+,25+,26-,27+,28+/m0/s1. The molecule has 3 heterocycles. The highest BCUT2D eigenvalue weighted by Gasteiger charge is 2.65. The van der Waals surface area contributed by atoms with Gasteiger partial charge in [0, 0.05) is 31.6 Å². The van der Waals surface area contributed by atoms with Crippen molar-refractivity contribution in [2.24, 2.45) is 29.6 Å². The van der Waals surface area contributed by atoms with Crippen molar-refractivity contribution in [3.8, 4) is 0 Å². The Labute approximate surface area is 209 Å². The average molecular weight is 493 g/mol. The molecular formula is C28H44O7. The zero-order valence-corrected chi connectivity index (χ0v) is 22.0. The lowest BCUT2D eigenvalue weighted by Crippen LogP contribution is -2.58. The van der Waals surface area contributed by atoms with Gasteiger partial charge in [-0.05, 0) is 49.5 Å². The molecule has 1 saturated carbocycles. The van der Waals surface area contributed by atoms with E-state index >= 15 is 0 Å². The Morgan fingerprint density at radius 3 is 2.57 bits per heavy atom. The summed E-state index contributed by atoms with van der Waals surface area (Å²) < 4.78 is 25.4. The Balaban J connectivity index is 1.73. The zero-order valence-electron chi connectivity index (χ0n) is 22.0. The van der Waals surface area contributed by atoms with Crippen LogP contribution < -0.4 is 0 Å². The van der Waals surface area contributed by atoms with Crippen LogP contribution in [0.1, 0.15) is 79.6 Å². The SMILES string of the molecule is C=C1CC2O[C@@H]3[C@@H]4[C@H](C[C@H](C)[C@H](OC(C)=O)[C@H]24)[C@H](C)CO[C@]3(C)[C@@H](OC(=O)CCCCC)C[C@@H]1O. The van der Waals surface area contributed by atoms with Crippen LogP contribution in [0.3, 0.4) is 0 Å². The van der Waals surface area contributed by atoms with E-state index in [4.69, 9.17) is 18.9 Å². The molecule has 3 aliphatic heterocycles. The highest BCUT2D eigenvalue weighted by molar-refractivity contribution is 5.69. The van der Waals surface area contributed by atoms with Gasteiger partial charge >= 0.3 is 11.9 Å². The number of aliphatic hydroxyl groups is 1. The van der Waals surface area contributed by atoms with E-state index in [9.17, 15) is 14.7 Å². The van der Waals surface area contributed by atoms with Crippen LogP contribution in [-0.4, -0.2) is 59.8 Å². The Morgan fingerprint density at radius 2 is 1.89 bits per heavy atom. The number of rotatable bonds is 6. The normalized spacial score (nSPS) is 45.0. The molecule has 0 aromatic heterocycles. The second-order valence-corrected chi connectivity index (χ2v) is 11.7. The van der Waals surface area contributed by atoms with Gasteiger partial charge in [0.25, 0.3) is 0 Å². The molecule has 1 unspecified atom stereocenters. The molecule has 7 nitrogen and oxygen atoms in total. The molecular weight excluding hydrogens is 448 g/mol. The van der Waals surface area contributed by atoms with Crippen LogP contribution in [0.15, 0.2) is 12.2 Å². The van der Waals surface area contributed by atoms with Gasteiger partial charge in [-0.1, -0.05) is 40.2 Å². The van der Waals surface area contributed by atoms with Crippen LogP contribution in [0.25, 0.3) is 0 Å². The minimum atomic E-state index is -0.923. The van der Waals surface area contributed by atoms with E-state index in [1.807, 2.05) is 6.92 Å². The first-order chi connectivity index (χ1) is 16.6. The van der Waals surface area contributed by atoms with Crippen molar-refractivity contribution < 1.29 is 33.6 Å². The van der Waals surface area contributed by atoms with E-state index in [2.05, 4.69) is 27.4 Å². The molecule has 4 fully saturated rings. The molecule has 0 amide bonds. The third kappa shape index (κ3) is 5.05. The molecule has 2 bridgehead atoms. The predicted octanol–water partition coefficient (Wildman–Crippen LogP) is 4.20. The van der Waals surface area contributed by atoms with Gasteiger partial charge in [0.15, 0.2) is 0 Å². The minimum absolute atomic E-state index is 0.0240. The summed E-state index contributed by atoms with van der Waals surface area (Å²) in [6, 6.07) is 0. The minimum Gasteiger partial charge on any atom is -0.462 e. The fourth-order valence-electron chi connectivity index (χ4n) is 7.25. The molecule has 3 saturated heterocycles. The van der Waals surface area contributed by atoms with Crippen molar-refractivity contribution in [2.45, 2.75) is 116 Å². The van der Waals surface area contributed by atoms with E-state index in [0.717, 1.165) is 25.7 Å². The summed E-state index contributed by atoms with van der Waals surface area (Å²) in [6.07, 6.45) is 2.44. The zero-order chi connectivity index (χ0) is 25.5. The van der Waals surface area contributed by atoms with E-state index < -0.39 is 17.8 Å². The Bertz CT molecular complexity index is 811. The molecule has 4 aliphatic rings. The van der Waals surface area contributed by atoms with Crippen molar-refractivity contribution in [1.29, 1.82) is 0 Å². The maximum atomic E-state index is 12.8. The lowest BCUT2D eigenvalue weighted by Gasteiger charge is -2.47. The van der Waals surface area contributed by atoms with Gasteiger partial charge < -0.3 is 24.1 Å². The summed E-state index contributed by atoms with van der Waals surface area (Å²) in [5.74, 6) is 0.349. The molecule has 0 aromatic carbocycles. The van der Waals surface area contributed by atoms with E-state index in [1.165, 1.54) is 6.92 Å². The number of aliphatic hydroxyl groups excluding tert-OH is 1. The largest absolute Gasteiger partial charge is 0.462 e. The number of carbonyl (C=O) groups excluding carboxylic acids is 2. The number of hydrogen-bond acceptors (Lipinski definition) is 7. The van der Waals surface area contributed by atoms with Gasteiger partial charge in [-0.2, -0.15) is 0 Å². The van der Waals surface area contributed by atoms with E-state index in [-0.39, 0.29) is 60.3 Å². The van der Waals surface area contributed by atoms with Crippen LogP contribution in [0.4, 0.5) is 0 Å². The van der Waals surface area contributed by atoms with Gasteiger partial charge in [0.1, 0.15) is 17.8 Å². The number of unbranched alkanes of at least 4 members (excludes halogenated alkanes) is 2. The van der Waals surface area contributed by atoms with Crippen LogP contribution in [0, 0.1) is 29.6 Å². The van der Waals surface area contributed by atoms with Crippen LogP contribution in [0.5, 0.6) is 0 Å². The molecule has 0 radical (unpaired) electrons. The van der Waals surface area contributed by atoms with Gasteiger partial charge in [-0.3, -0.25) is 9.59 Å². The van der Waals surface area contributed by atoms with E-state index in [1.54, 1.807) is 0 Å². The average Bonchev–Trinajstić information content (AvgIpc) is 3.14. The number of carbonyl (C=O) groups is 2. The Hall–Kier alpha value is -1.44. The van der Waals surface area contributed by atoms with Crippen molar-refractivity contribution in [1.82, 2.24) is 0 Å². The Kier molecular flexibility index (Phi) is 7.99. The van der Waals surface area contributed by atoms with Crippen LogP contribution >= 0.6 is 0 Å². The molecule has 4 rings (SSSR count). The number of hydrogen-bond donors (Lipinski definition) is 1. The fraction of sp³-hybridized carbons (Fsp3) is 0.857. The lowest BCUT2D eigenvalue weighted by molar-refractivity contribution is -0.205. The first kappa shape index (κ1) is 26.6. The summed E-state index contributed by atoms with van der Waals surface area (Å²) in [6.45, 7) is 14.6. The molecule has 11 atom stereocenters. The smallest absolute Gasteiger partial charge is 0.306 e. The summed E-state index contributed by atoms with van der Waals surface area (Å²) in [5, 5.41) is 11.1. The molecule has 0 spiro atoms. The molecule has 35 heavy (non-hydrogen) atoms. The van der Waals surface area contributed by atoms with Gasteiger partial charge in [-0.15, -0.1) is 0 Å². The van der Waals surface area contributed by atoms with Crippen LogP contribution in [-0.2, 0) is 28.5 Å². The molecule has 0 aromatic rings. The first-order valence-corrected chi connectivity index (χ1v) is 13.6. The highest BCUT2D eigenvalue weighted by atomic mass is 16.6. The van der Waals surface area contributed by atoms with Crippen molar-refractivity contribution in [2.75, 3.05) is 6.61 Å². The number of fused-ring (bicyclic) bond motifs is 2. The van der Waals surface area contributed by atoms with Crippen LogP contribution in [0.2, 0.25) is 0 Å². The lowest BCUT2D eigenvalue weighted by atomic mass is 9.59. The van der Waals surface area contributed by atoms with Gasteiger partial charge in [-0.25, -0.2) is 0 Å². The van der Waals surface area contributed by atoms with Crippen molar-refractivity contribution in [3.05, 3.63) is 12.2 Å². The third-order valence-electron chi connectivity index (χ3n) is 9.15. The molecule has 7 heteroatoms. The summed E-state index contributed by atoms with van der Waals surface area (Å²) >= 11 is 0. The number of esters is 2. The highest BCUT2D eigenvalue weighted by Crippen LogP contribution is 2.58. The van der Waals surface area contributed by atoms with Gasteiger partial charge in [0.05, 0.1) is 24.9 Å². The second kappa shape index (κ2) is 10.5. The quantitative estimate of drug-likeness (QED) is 0.337. The summed E-state index contributed by atoms with van der Waals surface area (Å²) in [4.78, 5) is 24.9. The topological polar surface area (TPSA) is 91.3 Å². The first-order valence-electron chi connectivity index (χ1n) is 13.6. The molecule has 1 aliphatic carbocycles. The predicted molar refractivity (Wildman–Crippen MR) is 130 cm³/mol. The Morgan fingerprint density at radius 1 is 1.14 bits per heavy atom. The fourth-order valence-corrected chi connectivity index (χ4v) is 7.25. The van der Waals surface area contributed by atoms with Crippen molar-refractivity contribution >= 4 is 11.9 Å². The van der Waals surface area contributed by atoms with Crippen molar-refractivity contribution in [3.63, 3.8) is 0 Å². The number of ether oxygens (including phenoxy) is 4. The summed E-state index contributed by atoms with van der Waals surface area (Å²) in [5.41, 5.74) is -0.261. The van der Waals surface area contributed by atoms with E-state index in [0.29, 0.717) is 30.9 Å². The monoisotopic (exact) mass is 492 g/mol. The van der Waals surface area contributed by atoms with Gasteiger partial charge in [0.2, 0.25) is 0 Å². The summed E-state index contributed by atoms with van der Waals surface area (Å²) in [7, 11) is 0.